The number of carbonyl (C=O) groups is 2. The molecule has 3 heterocycles. The minimum Gasteiger partial charge on any atom is -0.354 e. The van der Waals surface area contributed by atoms with Crippen LogP contribution in [-0.4, -0.2) is 50.8 Å². The van der Waals surface area contributed by atoms with Crippen LogP contribution in [0.15, 0.2) is 41.5 Å². The lowest BCUT2D eigenvalue weighted by Gasteiger charge is -2.25. The van der Waals surface area contributed by atoms with E-state index in [1.807, 2.05) is 26.8 Å². The lowest BCUT2D eigenvalue weighted by atomic mass is 9.92. The van der Waals surface area contributed by atoms with Gasteiger partial charge in [-0.05, 0) is 46.1 Å². The summed E-state index contributed by atoms with van der Waals surface area (Å²) >= 11 is 0. The summed E-state index contributed by atoms with van der Waals surface area (Å²) in [6.07, 6.45) is 9.28. The van der Waals surface area contributed by atoms with Crippen LogP contribution >= 0.6 is 0 Å². The number of carbonyl (C=O) groups excluding carboxylic acids is 2. The van der Waals surface area contributed by atoms with Crippen LogP contribution in [0.5, 0.6) is 0 Å². The number of Topliss-reactive ketones (excluding diaryl/α,β-unsaturated/α-hetero) is 1. The first-order chi connectivity index (χ1) is 15.3. The normalized spacial score (nSPS) is 18.8. The summed E-state index contributed by atoms with van der Waals surface area (Å²) in [5.74, 6) is 0.904. The van der Waals surface area contributed by atoms with Gasteiger partial charge >= 0.3 is 0 Å². The number of aromatic nitrogens is 4. The van der Waals surface area contributed by atoms with Gasteiger partial charge in [0.1, 0.15) is 17.8 Å². The van der Waals surface area contributed by atoms with Crippen molar-refractivity contribution in [1.29, 1.82) is 0 Å². The van der Waals surface area contributed by atoms with Crippen molar-refractivity contribution in [2.24, 2.45) is 0 Å². The molecule has 0 radical (unpaired) electrons. The summed E-state index contributed by atoms with van der Waals surface area (Å²) < 4.78 is 0. The maximum Gasteiger partial charge on any atom is 0.270 e. The quantitative estimate of drug-likeness (QED) is 0.774. The van der Waals surface area contributed by atoms with Crippen LogP contribution in [0.4, 0.5) is 5.82 Å². The Bertz CT molecular complexity index is 1120. The largest absolute Gasteiger partial charge is 0.354 e. The molecule has 32 heavy (non-hydrogen) atoms. The van der Waals surface area contributed by atoms with Crippen LogP contribution in [0.25, 0.3) is 11.4 Å². The summed E-state index contributed by atoms with van der Waals surface area (Å²) in [5.41, 5.74) is 4.26. The van der Waals surface area contributed by atoms with Crippen molar-refractivity contribution < 1.29 is 9.59 Å². The van der Waals surface area contributed by atoms with Crippen molar-refractivity contribution in [3.8, 4) is 11.4 Å². The predicted octanol–water partition coefficient (Wildman–Crippen LogP) is 3.20. The molecule has 1 fully saturated rings. The second-order valence-corrected chi connectivity index (χ2v) is 8.59. The van der Waals surface area contributed by atoms with Crippen LogP contribution in [0.3, 0.4) is 0 Å². The Morgan fingerprint density at radius 2 is 1.94 bits per heavy atom. The van der Waals surface area contributed by atoms with E-state index in [0.717, 1.165) is 41.9 Å². The molecule has 1 aliphatic carbocycles. The number of hydrogen-bond donors (Lipinski definition) is 1. The Morgan fingerprint density at radius 3 is 2.59 bits per heavy atom. The van der Waals surface area contributed by atoms with Crippen LogP contribution in [0, 0.1) is 6.92 Å². The number of allylic oxidation sites excluding steroid dienone is 3. The van der Waals surface area contributed by atoms with Crippen LogP contribution in [0.2, 0.25) is 0 Å². The van der Waals surface area contributed by atoms with Crippen LogP contribution in [0.1, 0.15) is 56.1 Å². The highest BCUT2D eigenvalue weighted by Gasteiger charge is 2.27. The van der Waals surface area contributed by atoms with E-state index >= 15 is 0 Å². The summed E-state index contributed by atoms with van der Waals surface area (Å²) in [6, 6.07) is 0.335. The first kappa shape index (κ1) is 21.8. The fourth-order valence-corrected chi connectivity index (χ4v) is 4.38. The molecule has 166 valence electrons. The molecule has 1 N–H and O–H groups in total. The summed E-state index contributed by atoms with van der Waals surface area (Å²) in [5, 5.41) is 2.91. The SMILES string of the molecule is CC1=CC(C)=C(CNC(=O)c2nc(-c3cncnc3)nc(N3CCC[C@@H]3C)c2C)C(=O)C1. The molecule has 8 heteroatoms. The number of nitrogens with one attached hydrogen (secondary N) is 1. The van der Waals surface area contributed by atoms with Crippen molar-refractivity contribution in [1.82, 2.24) is 25.3 Å². The lowest BCUT2D eigenvalue weighted by Crippen LogP contribution is -2.33. The fourth-order valence-electron chi connectivity index (χ4n) is 4.38. The van der Waals surface area contributed by atoms with Gasteiger partial charge < -0.3 is 10.2 Å². The van der Waals surface area contributed by atoms with E-state index in [2.05, 4.69) is 32.1 Å². The first-order valence-corrected chi connectivity index (χ1v) is 10.9. The molecule has 8 nitrogen and oxygen atoms in total. The molecule has 0 unspecified atom stereocenters. The molecule has 0 spiro atoms. The Hall–Kier alpha value is -3.42. The average molecular weight is 433 g/mol. The zero-order valence-electron chi connectivity index (χ0n) is 19.0. The fraction of sp³-hybridized carbons (Fsp3) is 0.417. The van der Waals surface area contributed by atoms with E-state index in [-0.39, 0.29) is 18.2 Å². The molecular weight excluding hydrogens is 404 g/mol. The van der Waals surface area contributed by atoms with Gasteiger partial charge in [-0.2, -0.15) is 0 Å². The Kier molecular flexibility index (Phi) is 6.12. The molecular formula is C24H28N6O2. The zero-order valence-corrected chi connectivity index (χ0v) is 19.0. The van der Waals surface area contributed by atoms with E-state index in [4.69, 9.17) is 4.98 Å². The van der Waals surface area contributed by atoms with Gasteiger partial charge in [-0.15, -0.1) is 0 Å². The van der Waals surface area contributed by atoms with Crippen molar-refractivity contribution in [3.63, 3.8) is 0 Å². The zero-order chi connectivity index (χ0) is 22.8. The molecule has 4 rings (SSSR count). The van der Waals surface area contributed by atoms with Gasteiger partial charge in [0.25, 0.3) is 5.91 Å². The maximum absolute atomic E-state index is 13.2. The van der Waals surface area contributed by atoms with Gasteiger partial charge in [-0.3, -0.25) is 9.59 Å². The van der Waals surface area contributed by atoms with E-state index in [0.29, 0.717) is 35.1 Å². The average Bonchev–Trinajstić information content (AvgIpc) is 3.19. The summed E-state index contributed by atoms with van der Waals surface area (Å²) in [7, 11) is 0. The maximum atomic E-state index is 13.2. The van der Waals surface area contributed by atoms with Gasteiger partial charge in [0.2, 0.25) is 0 Å². The van der Waals surface area contributed by atoms with E-state index < -0.39 is 0 Å². The standard InChI is InChI=1S/C24H28N6O2/c1-14-8-15(2)19(20(31)9-14)12-27-24(32)21-17(4)23(30-7-5-6-16(30)3)29-22(28-21)18-10-25-13-26-11-18/h8,10-11,13,16H,5-7,9,12H2,1-4H3,(H,27,32)/t16-/m0/s1. The van der Waals surface area contributed by atoms with Gasteiger partial charge in [-0.1, -0.05) is 11.6 Å². The number of ketones is 1. The third kappa shape index (κ3) is 4.30. The minimum absolute atomic E-state index is 0.0518. The Balaban J connectivity index is 1.68. The molecule has 0 bridgehead atoms. The molecule has 2 aliphatic rings. The molecule has 2 aromatic heterocycles. The van der Waals surface area contributed by atoms with E-state index in [1.165, 1.54) is 6.33 Å². The number of hydrogen-bond acceptors (Lipinski definition) is 7. The molecule has 1 amide bonds. The second kappa shape index (κ2) is 8.98. The van der Waals surface area contributed by atoms with Crippen LogP contribution in [-0.2, 0) is 4.79 Å². The minimum atomic E-state index is -0.324. The Morgan fingerprint density at radius 1 is 1.19 bits per heavy atom. The smallest absolute Gasteiger partial charge is 0.270 e. The highest BCUT2D eigenvalue weighted by atomic mass is 16.2. The molecule has 0 aromatic carbocycles. The third-order valence-electron chi connectivity index (χ3n) is 6.12. The van der Waals surface area contributed by atoms with Crippen molar-refractivity contribution in [3.05, 3.63) is 52.8 Å². The summed E-state index contributed by atoms with van der Waals surface area (Å²) in [4.78, 5) is 45.4. The Labute approximate surface area is 187 Å². The number of nitrogens with zero attached hydrogens (tertiary/aromatic N) is 5. The number of rotatable bonds is 5. The van der Waals surface area contributed by atoms with Crippen molar-refractivity contribution >= 4 is 17.5 Å². The van der Waals surface area contributed by atoms with Gasteiger partial charge in [0.15, 0.2) is 11.6 Å². The van der Waals surface area contributed by atoms with E-state index in [1.54, 1.807) is 12.4 Å². The first-order valence-electron chi connectivity index (χ1n) is 10.9. The molecule has 1 atom stereocenters. The highest BCUT2D eigenvalue weighted by Crippen LogP contribution is 2.30. The molecule has 1 saturated heterocycles. The lowest BCUT2D eigenvalue weighted by molar-refractivity contribution is -0.115. The van der Waals surface area contributed by atoms with Gasteiger partial charge in [0, 0.05) is 49.1 Å². The topological polar surface area (TPSA) is 101 Å². The van der Waals surface area contributed by atoms with E-state index in [9.17, 15) is 9.59 Å². The van der Waals surface area contributed by atoms with Gasteiger partial charge in [-0.25, -0.2) is 19.9 Å². The number of amides is 1. The van der Waals surface area contributed by atoms with Gasteiger partial charge in [0.05, 0.1) is 5.56 Å². The molecule has 0 saturated carbocycles. The summed E-state index contributed by atoms with van der Waals surface area (Å²) in [6.45, 7) is 8.95. The second-order valence-electron chi connectivity index (χ2n) is 8.59. The molecule has 2 aromatic rings. The predicted molar refractivity (Wildman–Crippen MR) is 122 cm³/mol. The van der Waals surface area contributed by atoms with Crippen LogP contribution < -0.4 is 10.2 Å². The molecule has 1 aliphatic heterocycles. The third-order valence-corrected chi connectivity index (χ3v) is 6.12. The highest BCUT2D eigenvalue weighted by molar-refractivity contribution is 6.01. The van der Waals surface area contributed by atoms with Crippen molar-refractivity contribution in [2.75, 3.05) is 18.0 Å². The monoisotopic (exact) mass is 432 g/mol. The van der Waals surface area contributed by atoms with Crippen molar-refractivity contribution in [2.45, 2.75) is 53.0 Å². The number of anilines is 1.